The first-order chi connectivity index (χ1) is 7.79. The maximum Gasteiger partial charge on any atom is 0.0481 e. The molecule has 16 heavy (non-hydrogen) atoms. The minimum absolute atomic E-state index is 0.680. The highest BCUT2D eigenvalue weighted by molar-refractivity contribution is 7.99. The molecular formula is C13H20N2S. The van der Waals surface area contributed by atoms with Gasteiger partial charge >= 0.3 is 0 Å². The van der Waals surface area contributed by atoms with Crippen LogP contribution in [0.25, 0.3) is 0 Å². The van der Waals surface area contributed by atoms with Crippen LogP contribution in [0, 0.1) is 5.92 Å². The summed E-state index contributed by atoms with van der Waals surface area (Å²) in [5.74, 6) is 1.86. The van der Waals surface area contributed by atoms with Gasteiger partial charge in [0.1, 0.15) is 0 Å². The summed E-state index contributed by atoms with van der Waals surface area (Å²) < 4.78 is 0. The first-order valence-corrected chi connectivity index (χ1v) is 6.98. The van der Waals surface area contributed by atoms with Crippen LogP contribution >= 0.6 is 11.8 Å². The van der Waals surface area contributed by atoms with Crippen LogP contribution in [-0.2, 0) is 6.42 Å². The Morgan fingerprint density at radius 2 is 2.38 bits per heavy atom. The standard InChI is InChI=1S/C13H20N2S/c1-10(4-5-14)8-11-2-3-13-12(9-11)15-6-7-16-13/h2-3,9-10,15H,4-8,14H2,1H3. The van der Waals surface area contributed by atoms with Gasteiger partial charge in [-0.15, -0.1) is 11.8 Å². The summed E-state index contributed by atoms with van der Waals surface area (Å²) in [6, 6.07) is 6.80. The highest BCUT2D eigenvalue weighted by atomic mass is 32.2. The number of anilines is 1. The van der Waals surface area contributed by atoms with E-state index in [1.165, 1.54) is 21.9 Å². The molecule has 1 aliphatic rings. The Morgan fingerprint density at radius 3 is 3.19 bits per heavy atom. The third kappa shape index (κ3) is 2.92. The van der Waals surface area contributed by atoms with Crippen molar-refractivity contribution in [2.75, 3.05) is 24.2 Å². The van der Waals surface area contributed by atoms with Crippen LogP contribution in [0.3, 0.4) is 0 Å². The molecule has 1 heterocycles. The van der Waals surface area contributed by atoms with Crippen LogP contribution in [0.5, 0.6) is 0 Å². The van der Waals surface area contributed by atoms with Gasteiger partial charge in [0.2, 0.25) is 0 Å². The molecule has 1 unspecified atom stereocenters. The fourth-order valence-electron chi connectivity index (χ4n) is 2.10. The molecule has 2 rings (SSSR count). The summed E-state index contributed by atoms with van der Waals surface area (Å²) in [6.07, 6.45) is 2.25. The minimum atomic E-state index is 0.680. The van der Waals surface area contributed by atoms with Crippen molar-refractivity contribution in [2.24, 2.45) is 11.7 Å². The van der Waals surface area contributed by atoms with Crippen LogP contribution in [-0.4, -0.2) is 18.8 Å². The Labute approximate surface area is 102 Å². The van der Waals surface area contributed by atoms with Crippen LogP contribution in [0.15, 0.2) is 23.1 Å². The van der Waals surface area contributed by atoms with Crippen molar-refractivity contribution >= 4 is 17.4 Å². The number of hydrogen-bond donors (Lipinski definition) is 2. The van der Waals surface area contributed by atoms with Crippen molar-refractivity contribution in [3.05, 3.63) is 23.8 Å². The molecule has 0 saturated heterocycles. The monoisotopic (exact) mass is 236 g/mol. The lowest BCUT2D eigenvalue weighted by Gasteiger charge is -2.19. The fourth-order valence-corrected chi connectivity index (χ4v) is 2.98. The predicted molar refractivity (Wildman–Crippen MR) is 72.2 cm³/mol. The van der Waals surface area contributed by atoms with Gasteiger partial charge in [0.05, 0.1) is 0 Å². The molecule has 0 bridgehead atoms. The molecular weight excluding hydrogens is 216 g/mol. The molecule has 1 atom stereocenters. The second kappa shape index (κ2) is 5.60. The van der Waals surface area contributed by atoms with E-state index >= 15 is 0 Å². The summed E-state index contributed by atoms with van der Waals surface area (Å²) in [4.78, 5) is 1.39. The molecule has 1 aromatic rings. The molecule has 88 valence electrons. The zero-order valence-corrected chi connectivity index (χ0v) is 10.6. The largest absolute Gasteiger partial charge is 0.383 e. The van der Waals surface area contributed by atoms with E-state index in [9.17, 15) is 0 Å². The van der Waals surface area contributed by atoms with E-state index < -0.39 is 0 Å². The zero-order valence-electron chi connectivity index (χ0n) is 9.83. The molecule has 1 aliphatic heterocycles. The van der Waals surface area contributed by atoms with Crippen molar-refractivity contribution < 1.29 is 0 Å². The summed E-state index contributed by atoms with van der Waals surface area (Å²) in [5, 5.41) is 3.46. The topological polar surface area (TPSA) is 38.0 Å². The first kappa shape index (κ1) is 11.8. The van der Waals surface area contributed by atoms with Crippen molar-refractivity contribution in [3.8, 4) is 0 Å². The lowest BCUT2D eigenvalue weighted by Crippen LogP contribution is -2.11. The second-order valence-corrected chi connectivity index (χ2v) is 5.63. The van der Waals surface area contributed by atoms with Gasteiger partial charge in [-0.1, -0.05) is 13.0 Å². The molecule has 3 N–H and O–H groups in total. The van der Waals surface area contributed by atoms with Gasteiger partial charge in [-0.25, -0.2) is 0 Å². The number of nitrogens with one attached hydrogen (secondary N) is 1. The van der Waals surface area contributed by atoms with E-state index in [0.29, 0.717) is 5.92 Å². The molecule has 0 saturated carbocycles. The molecule has 0 aliphatic carbocycles. The number of thioether (sulfide) groups is 1. The van der Waals surface area contributed by atoms with Crippen LogP contribution < -0.4 is 11.1 Å². The van der Waals surface area contributed by atoms with Gasteiger partial charge < -0.3 is 11.1 Å². The molecule has 2 nitrogen and oxygen atoms in total. The number of nitrogens with two attached hydrogens (primary N) is 1. The Balaban J connectivity index is 2.05. The van der Waals surface area contributed by atoms with E-state index in [-0.39, 0.29) is 0 Å². The van der Waals surface area contributed by atoms with E-state index in [1.807, 2.05) is 11.8 Å². The summed E-state index contributed by atoms with van der Waals surface area (Å²) in [7, 11) is 0. The average Bonchev–Trinajstić information content (AvgIpc) is 2.29. The molecule has 0 fully saturated rings. The SMILES string of the molecule is CC(CCN)Cc1ccc2c(c1)NCCS2. The van der Waals surface area contributed by atoms with E-state index in [4.69, 9.17) is 5.73 Å². The van der Waals surface area contributed by atoms with Crippen LogP contribution in [0.4, 0.5) is 5.69 Å². The van der Waals surface area contributed by atoms with E-state index in [0.717, 1.165) is 25.9 Å². The number of rotatable bonds is 4. The number of fused-ring (bicyclic) bond motifs is 1. The normalized spacial score (nSPS) is 16.4. The van der Waals surface area contributed by atoms with Crippen molar-refractivity contribution in [1.29, 1.82) is 0 Å². The molecule has 0 radical (unpaired) electrons. The number of hydrogen-bond acceptors (Lipinski definition) is 3. The van der Waals surface area contributed by atoms with E-state index in [1.54, 1.807) is 0 Å². The molecule has 3 heteroatoms. The van der Waals surface area contributed by atoms with Gasteiger partial charge in [-0.2, -0.15) is 0 Å². The first-order valence-electron chi connectivity index (χ1n) is 5.99. The number of benzene rings is 1. The molecule has 0 spiro atoms. The molecule has 0 aromatic heterocycles. The van der Waals surface area contributed by atoms with Gasteiger partial charge in [-0.05, 0) is 43.0 Å². The van der Waals surface area contributed by atoms with Crippen molar-refractivity contribution in [3.63, 3.8) is 0 Å². The van der Waals surface area contributed by atoms with Gasteiger partial charge in [0, 0.05) is 22.9 Å². The Morgan fingerprint density at radius 1 is 1.50 bits per heavy atom. The highest BCUT2D eigenvalue weighted by Gasteiger charge is 2.10. The molecule has 1 aromatic carbocycles. The Kier molecular flexibility index (Phi) is 4.13. The van der Waals surface area contributed by atoms with E-state index in [2.05, 4.69) is 30.4 Å². The highest BCUT2D eigenvalue weighted by Crippen LogP contribution is 2.32. The summed E-state index contributed by atoms with van der Waals surface area (Å²) in [6.45, 7) is 4.15. The van der Waals surface area contributed by atoms with Gasteiger partial charge in [0.15, 0.2) is 0 Å². The predicted octanol–water partition coefficient (Wildman–Crippen LogP) is 2.73. The fraction of sp³-hybridized carbons (Fsp3) is 0.538. The lowest BCUT2D eigenvalue weighted by molar-refractivity contribution is 0.538. The van der Waals surface area contributed by atoms with Crippen molar-refractivity contribution in [1.82, 2.24) is 0 Å². The van der Waals surface area contributed by atoms with Crippen LogP contribution in [0.2, 0.25) is 0 Å². The second-order valence-electron chi connectivity index (χ2n) is 4.49. The van der Waals surface area contributed by atoms with Crippen molar-refractivity contribution in [2.45, 2.75) is 24.7 Å². The van der Waals surface area contributed by atoms with Gasteiger partial charge in [0.25, 0.3) is 0 Å². The third-order valence-corrected chi connectivity index (χ3v) is 4.04. The molecule has 0 amide bonds. The van der Waals surface area contributed by atoms with Gasteiger partial charge in [-0.3, -0.25) is 0 Å². The third-order valence-electron chi connectivity index (χ3n) is 2.96. The smallest absolute Gasteiger partial charge is 0.0481 e. The Hall–Kier alpha value is -0.670. The zero-order chi connectivity index (χ0) is 11.4. The maximum atomic E-state index is 5.58. The Bertz CT molecular complexity index is 352. The summed E-state index contributed by atoms with van der Waals surface area (Å²) >= 11 is 1.94. The minimum Gasteiger partial charge on any atom is -0.383 e. The lowest BCUT2D eigenvalue weighted by atomic mass is 9.98. The maximum absolute atomic E-state index is 5.58. The average molecular weight is 236 g/mol. The summed E-state index contributed by atoms with van der Waals surface area (Å²) in [5.41, 5.74) is 8.32. The van der Waals surface area contributed by atoms with Crippen LogP contribution in [0.1, 0.15) is 18.9 Å². The quantitative estimate of drug-likeness (QED) is 0.844.